The quantitative estimate of drug-likeness (QED) is 0.587. The lowest BCUT2D eigenvalue weighted by molar-refractivity contribution is -0.192. The summed E-state index contributed by atoms with van der Waals surface area (Å²) in [6, 6.07) is 5.09. The molecule has 2 heterocycles. The van der Waals surface area contributed by atoms with E-state index in [1.54, 1.807) is 12.1 Å². The number of carbonyl (C=O) groups is 1. The first-order chi connectivity index (χ1) is 13.9. The van der Waals surface area contributed by atoms with Gasteiger partial charge in [0.25, 0.3) is 10.0 Å². The van der Waals surface area contributed by atoms with Crippen LogP contribution in [-0.2, 0) is 14.8 Å². The molecule has 15 heteroatoms. The van der Waals surface area contributed by atoms with E-state index in [-0.39, 0.29) is 10.0 Å². The molecule has 1 aliphatic heterocycles. The smallest absolute Gasteiger partial charge is 0.475 e. The van der Waals surface area contributed by atoms with Crippen molar-refractivity contribution >= 4 is 49.9 Å². The summed E-state index contributed by atoms with van der Waals surface area (Å²) < 4.78 is 62.5. The third-order valence-corrected chi connectivity index (χ3v) is 6.37. The highest BCUT2D eigenvalue weighted by molar-refractivity contribution is 7.93. The SMILES string of the molecule is CN(c1ccc(S(=O)(=O)Nc2ncns2)cc1Cl)C1CCNC1.O=C(O)C(F)(F)F. The van der Waals surface area contributed by atoms with E-state index in [9.17, 15) is 21.6 Å². The van der Waals surface area contributed by atoms with Crippen molar-refractivity contribution < 1.29 is 31.5 Å². The van der Waals surface area contributed by atoms with E-state index in [1.165, 1.54) is 12.4 Å². The number of halogens is 4. The highest BCUT2D eigenvalue weighted by Gasteiger charge is 2.38. The summed E-state index contributed by atoms with van der Waals surface area (Å²) in [6.07, 6.45) is -2.76. The lowest BCUT2D eigenvalue weighted by Gasteiger charge is -2.27. The lowest BCUT2D eigenvalue weighted by Crippen LogP contribution is -2.33. The van der Waals surface area contributed by atoms with Gasteiger partial charge in [-0.1, -0.05) is 11.6 Å². The number of carboxylic acids is 1. The van der Waals surface area contributed by atoms with Crippen LogP contribution in [-0.4, -0.2) is 61.2 Å². The van der Waals surface area contributed by atoms with Crippen LogP contribution in [0, 0.1) is 0 Å². The molecule has 0 spiro atoms. The number of rotatable bonds is 5. The van der Waals surface area contributed by atoms with Crippen LogP contribution in [0.2, 0.25) is 5.02 Å². The Bertz CT molecular complexity index is 967. The normalized spacial score (nSPS) is 16.5. The monoisotopic (exact) mass is 487 g/mol. The molecule has 0 bridgehead atoms. The Kier molecular flexibility index (Phi) is 7.85. The molecule has 1 aromatic carbocycles. The number of carboxylic acid groups (broad SMARTS) is 1. The number of benzene rings is 1. The van der Waals surface area contributed by atoms with Crippen molar-refractivity contribution in [3.63, 3.8) is 0 Å². The second-order valence-corrected chi connectivity index (χ2v) is 8.90. The van der Waals surface area contributed by atoms with Crippen LogP contribution in [0.5, 0.6) is 0 Å². The number of hydrogen-bond donors (Lipinski definition) is 3. The van der Waals surface area contributed by atoms with E-state index in [0.717, 1.165) is 36.7 Å². The van der Waals surface area contributed by atoms with Crippen molar-refractivity contribution in [2.75, 3.05) is 29.8 Å². The fourth-order valence-corrected chi connectivity index (χ4v) is 4.57. The van der Waals surface area contributed by atoms with Gasteiger partial charge in [0, 0.05) is 31.2 Å². The molecule has 1 saturated heterocycles. The zero-order valence-corrected chi connectivity index (χ0v) is 17.7. The Morgan fingerprint density at radius 3 is 2.57 bits per heavy atom. The standard InChI is InChI=1S/C13H16ClN5O2S2.C2HF3O2/c1-19(9-4-5-15-7-9)12-3-2-10(6-11(12)14)23(20,21)18-13-16-8-17-22-13;3-2(4,5)1(6)7/h2-3,6,8-9,15H,4-5,7H2,1H3,(H,16,17,18);(H,6,7). The van der Waals surface area contributed by atoms with E-state index < -0.39 is 22.2 Å². The van der Waals surface area contributed by atoms with Crippen molar-refractivity contribution in [1.29, 1.82) is 0 Å². The molecule has 0 aliphatic carbocycles. The minimum absolute atomic E-state index is 0.0967. The fraction of sp³-hybridized carbons (Fsp3) is 0.400. The van der Waals surface area contributed by atoms with Gasteiger partial charge in [0.15, 0.2) is 0 Å². The molecule has 0 saturated carbocycles. The van der Waals surface area contributed by atoms with Crippen LogP contribution in [0.3, 0.4) is 0 Å². The second-order valence-electron chi connectivity index (χ2n) is 6.03. The van der Waals surface area contributed by atoms with Crippen LogP contribution >= 0.6 is 23.1 Å². The molecule has 0 amide bonds. The van der Waals surface area contributed by atoms with Crippen LogP contribution in [0.1, 0.15) is 6.42 Å². The number of aliphatic carboxylic acids is 1. The van der Waals surface area contributed by atoms with Gasteiger partial charge in [-0.05, 0) is 31.2 Å². The Morgan fingerprint density at radius 2 is 2.10 bits per heavy atom. The summed E-state index contributed by atoms with van der Waals surface area (Å²) in [5, 5.41) is 11.0. The first-order valence-corrected chi connectivity index (χ1v) is 10.9. The largest absolute Gasteiger partial charge is 0.490 e. The number of nitrogens with zero attached hydrogens (tertiary/aromatic N) is 3. The summed E-state index contributed by atoms with van der Waals surface area (Å²) in [7, 11) is -1.76. The molecular formula is C15H17ClF3N5O4S2. The van der Waals surface area contributed by atoms with Crippen LogP contribution in [0.25, 0.3) is 0 Å². The Balaban J connectivity index is 0.000000396. The minimum Gasteiger partial charge on any atom is -0.475 e. The molecule has 1 unspecified atom stereocenters. The van der Waals surface area contributed by atoms with Gasteiger partial charge < -0.3 is 15.3 Å². The number of nitrogens with one attached hydrogen (secondary N) is 2. The topological polar surface area (TPSA) is 125 Å². The molecule has 1 fully saturated rings. The first-order valence-electron chi connectivity index (χ1n) is 8.24. The molecule has 30 heavy (non-hydrogen) atoms. The zero-order chi connectivity index (χ0) is 22.5. The van der Waals surface area contributed by atoms with Gasteiger partial charge in [-0.3, -0.25) is 4.72 Å². The number of anilines is 2. The summed E-state index contributed by atoms with van der Waals surface area (Å²) in [4.78, 5) is 14.9. The molecule has 3 rings (SSSR count). The maximum Gasteiger partial charge on any atom is 0.490 e. The molecule has 1 atom stereocenters. The second kappa shape index (κ2) is 9.76. The number of sulfonamides is 1. The average molecular weight is 488 g/mol. The summed E-state index contributed by atoms with van der Waals surface area (Å²) >= 11 is 7.28. The first kappa shape index (κ1) is 24.1. The predicted molar refractivity (Wildman–Crippen MR) is 106 cm³/mol. The Labute approximate surface area is 179 Å². The zero-order valence-electron chi connectivity index (χ0n) is 15.4. The highest BCUT2D eigenvalue weighted by atomic mass is 35.5. The van der Waals surface area contributed by atoms with Gasteiger partial charge in [0.1, 0.15) is 6.33 Å². The number of aromatic nitrogens is 2. The maximum atomic E-state index is 12.3. The van der Waals surface area contributed by atoms with E-state index in [1.807, 2.05) is 7.05 Å². The third kappa shape index (κ3) is 6.42. The minimum atomic E-state index is -5.08. The van der Waals surface area contributed by atoms with E-state index in [4.69, 9.17) is 21.5 Å². The van der Waals surface area contributed by atoms with Crippen molar-refractivity contribution in [3.8, 4) is 0 Å². The number of alkyl halides is 3. The van der Waals surface area contributed by atoms with Gasteiger partial charge >= 0.3 is 12.1 Å². The molecule has 0 radical (unpaired) electrons. The Hall–Kier alpha value is -2.16. The van der Waals surface area contributed by atoms with Crippen molar-refractivity contribution in [3.05, 3.63) is 29.5 Å². The summed E-state index contributed by atoms with van der Waals surface area (Å²) in [6.45, 7) is 1.87. The third-order valence-electron chi connectivity index (χ3n) is 4.02. The van der Waals surface area contributed by atoms with Crippen molar-refractivity contribution in [1.82, 2.24) is 14.7 Å². The molecule has 166 valence electrons. The van der Waals surface area contributed by atoms with Crippen LogP contribution in [0.15, 0.2) is 29.4 Å². The van der Waals surface area contributed by atoms with Crippen molar-refractivity contribution in [2.24, 2.45) is 0 Å². The van der Waals surface area contributed by atoms with Gasteiger partial charge in [0.2, 0.25) is 5.13 Å². The molecule has 2 aromatic rings. The number of hydrogen-bond acceptors (Lipinski definition) is 8. The van der Waals surface area contributed by atoms with Crippen LogP contribution in [0.4, 0.5) is 24.0 Å². The highest BCUT2D eigenvalue weighted by Crippen LogP contribution is 2.30. The molecule has 1 aromatic heterocycles. The summed E-state index contributed by atoms with van der Waals surface area (Å²) in [5.74, 6) is -2.76. The maximum absolute atomic E-state index is 12.3. The Morgan fingerprint density at radius 1 is 1.43 bits per heavy atom. The van der Waals surface area contributed by atoms with Crippen LogP contribution < -0.4 is 14.9 Å². The molecule has 9 nitrogen and oxygen atoms in total. The molecule has 3 N–H and O–H groups in total. The molecular weight excluding hydrogens is 471 g/mol. The fourth-order valence-electron chi connectivity index (χ4n) is 2.50. The van der Waals surface area contributed by atoms with Gasteiger partial charge in [-0.25, -0.2) is 18.2 Å². The van der Waals surface area contributed by atoms with E-state index in [0.29, 0.717) is 11.1 Å². The van der Waals surface area contributed by atoms with Gasteiger partial charge in [0.05, 0.1) is 15.6 Å². The van der Waals surface area contributed by atoms with Gasteiger partial charge in [-0.15, -0.1) is 0 Å². The average Bonchev–Trinajstić information content (AvgIpc) is 3.34. The van der Waals surface area contributed by atoms with E-state index >= 15 is 0 Å². The molecule has 1 aliphatic rings. The van der Waals surface area contributed by atoms with E-state index in [2.05, 4.69) is 24.3 Å². The lowest BCUT2D eigenvalue weighted by atomic mass is 10.2. The summed E-state index contributed by atoms with van der Waals surface area (Å²) in [5.41, 5.74) is 0.815. The van der Waals surface area contributed by atoms with Crippen molar-refractivity contribution in [2.45, 2.75) is 23.5 Å². The van der Waals surface area contributed by atoms with Gasteiger partial charge in [-0.2, -0.15) is 17.5 Å². The number of likely N-dealkylation sites (N-methyl/N-ethyl adjacent to an activating group) is 1. The predicted octanol–water partition coefficient (Wildman–Crippen LogP) is 2.42.